The Hall–Kier alpha value is -3.83. The number of benzene rings is 4. The predicted octanol–water partition coefficient (Wildman–Crippen LogP) is 6.33. The van der Waals surface area contributed by atoms with Crippen LogP contribution < -0.4 is 14.8 Å². The second-order valence-corrected chi connectivity index (χ2v) is 9.71. The fourth-order valence-electron chi connectivity index (χ4n) is 5.24. The summed E-state index contributed by atoms with van der Waals surface area (Å²) in [5, 5.41) is 6.25. The van der Waals surface area contributed by atoms with Crippen molar-refractivity contribution < 1.29 is 19.0 Å². The zero-order valence-corrected chi connectivity index (χ0v) is 21.6. The quantitative estimate of drug-likeness (QED) is 0.289. The topological polar surface area (TPSA) is 56.8 Å². The third-order valence-corrected chi connectivity index (χ3v) is 7.09. The zero-order valence-electron chi connectivity index (χ0n) is 21.6. The van der Waals surface area contributed by atoms with Gasteiger partial charge in [0, 0.05) is 24.1 Å². The van der Waals surface area contributed by atoms with Crippen LogP contribution in [-0.4, -0.2) is 32.3 Å². The standard InChI is InChI=1S/C32H33NO4/c1-21-15-24(17-25(16-21)36-20-32(34)35-3)30-18-26(37-31-14-7-6-12-29(30)31)19-33-22(2)27-13-8-10-23-9-4-5-11-28(23)27/h4-17,22,26,30,33H,18-20H2,1-3H3/t22-,26?,30?/m1/s1. The van der Waals surface area contributed by atoms with Gasteiger partial charge in [0.1, 0.15) is 17.6 Å². The van der Waals surface area contributed by atoms with Crippen LogP contribution in [0.15, 0.2) is 84.9 Å². The number of aryl methyl sites for hydroxylation is 1. The summed E-state index contributed by atoms with van der Waals surface area (Å²) >= 11 is 0. The van der Waals surface area contributed by atoms with E-state index in [1.165, 1.54) is 29.0 Å². The summed E-state index contributed by atoms with van der Waals surface area (Å²) in [5.74, 6) is 1.35. The highest BCUT2D eigenvalue weighted by molar-refractivity contribution is 5.86. The minimum absolute atomic E-state index is 0.0114. The van der Waals surface area contributed by atoms with E-state index in [4.69, 9.17) is 14.2 Å². The van der Waals surface area contributed by atoms with Crippen LogP contribution in [0.3, 0.4) is 0 Å². The molecule has 1 heterocycles. The molecule has 1 aliphatic heterocycles. The lowest BCUT2D eigenvalue weighted by Gasteiger charge is -2.33. The van der Waals surface area contributed by atoms with Crippen LogP contribution in [0.25, 0.3) is 10.8 Å². The number of hydrogen-bond acceptors (Lipinski definition) is 5. The van der Waals surface area contributed by atoms with E-state index in [-0.39, 0.29) is 24.7 Å². The molecule has 37 heavy (non-hydrogen) atoms. The van der Waals surface area contributed by atoms with Crippen LogP contribution >= 0.6 is 0 Å². The molecule has 5 rings (SSSR count). The van der Waals surface area contributed by atoms with Gasteiger partial charge in [0.25, 0.3) is 0 Å². The van der Waals surface area contributed by atoms with E-state index in [1.807, 2.05) is 31.2 Å². The number of rotatable bonds is 8. The number of esters is 1. The number of methoxy groups -OCH3 is 1. The molecule has 0 spiro atoms. The number of nitrogens with one attached hydrogen (secondary N) is 1. The van der Waals surface area contributed by atoms with Crippen molar-refractivity contribution in [2.24, 2.45) is 0 Å². The molecule has 4 aromatic rings. The number of para-hydroxylation sites is 1. The largest absolute Gasteiger partial charge is 0.489 e. The van der Waals surface area contributed by atoms with Gasteiger partial charge < -0.3 is 19.5 Å². The van der Waals surface area contributed by atoms with Gasteiger partial charge in [-0.3, -0.25) is 0 Å². The Bertz CT molecular complexity index is 1390. The first-order valence-corrected chi connectivity index (χ1v) is 12.8. The highest BCUT2D eigenvalue weighted by atomic mass is 16.6. The van der Waals surface area contributed by atoms with Crippen LogP contribution in [0.4, 0.5) is 0 Å². The van der Waals surface area contributed by atoms with Crippen molar-refractivity contribution in [3.63, 3.8) is 0 Å². The molecule has 5 heteroatoms. The number of carbonyl (C=O) groups excluding carboxylic acids is 1. The minimum atomic E-state index is -0.397. The maximum Gasteiger partial charge on any atom is 0.343 e. The second-order valence-electron chi connectivity index (χ2n) is 9.71. The monoisotopic (exact) mass is 495 g/mol. The summed E-state index contributed by atoms with van der Waals surface area (Å²) in [7, 11) is 1.36. The highest BCUT2D eigenvalue weighted by Crippen LogP contribution is 2.41. The van der Waals surface area contributed by atoms with E-state index in [0.717, 1.165) is 29.8 Å². The van der Waals surface area contributed by atoms with Crippen molar-refractivity contribution in [2.75, 3.05) is 20.3 Å². The Morgan fingerprint density at radius 1 is 1.03 bits per heavy atom. The van der Waals surface area contributed by atoms with Crippen LogP contribution in [0.1, 0.15) is 47.6 Å². The van der Waals surface area contributed by atoms with Gasteiger partial charge in [-0.15, -0.1) is 0 Å². The van der Waals surface area contributed by atoms with Gasteiger partial charge in [-0.25, -0.2) is 4.79 Å². The van der Waals surface area contributed by atoms with Crippen molar-refractivity contribution in [1.29, 1.82) is 0 Å². The van der Waals surface area contributed by atoms with Gasteiger partial charge in [0.2, 0.25) is 0 Å². The molecule has 0 fully saturated rings. The molecule has 3 atom stereocenters. The van der Waals surface area contributed by atoms with Crippen LogP contribution in [0.2, 0.25) is 0 Å². The summed E-state index contributed by atoms with van der Waals surface area (Å²) in [6, 6.07) is 29.6. The Kier molecular flexibility index (Phi) is 7.42. The van der Waals surface area contributed by atoms with Crippen molar-refractivity contribution in [2.45, 2.75) is 38.3 Å². The first kappa shape index (κ1) is 24.8. The molecule has 190 valence electrons. The SMILES string of the molecule is COC(=O)COc1cc(C)cc(C2CC(CN[C@H](C)c3cccc4ccccc34)Oc3ccccc32)c1. The fourth-order valence-corrected chi connectivity index (χ4v) is 5.24. The smallest absolute Gasteiger partial charge is 0.343 e. The molecule has 4 aromatic carbocycles. The third-order valence-electron chi connectivity index (χ3n) is 7.09. The average molecular weight is 496 g/mol. The molecule has 0 saturated heterocycles. The molecular formula is C32H33NO4. The molecule has 2 unspecified atom stereocenters. The van der Waals surface area contributed by atoms with Gasteiger partial charge in [-0.1, -0.05) is 66.7 Å². The Morgan fingerprint density at radius 3 is 2.68 bits per heavy atom. The van der Waals surface area contributed by atoms with E-state index in [1.54, 1.807) is 0 Å². The molecule has 1 N–H and O–H groups in total. The van der Waals surface area contributed by atoms with E-state index in [9.17, 15) is 4.79 Å². The van der Waals surface area contributed by atoms with Gasteiger partial charge in [0.05, 0.1) is 7.11 Å². The lowest BCUT2D eigenvalue weighted by Crippen LogP contribution is -2.37. The average Bonchev–Trinajstić information content (AvgIpc) is 2.93. The van der Waals surface area contributed by atoms with Crippen molar-refractivity contribution >= 4 is 16.7 Å². The molecule has 0 bridgehead atoms. The number of ether oxygens (including phenoxy) is 3. The van der Waals surface area contributed by atoms with Crippen molar-refractivity contribution in [3.8, 4) is 11.5 Å². The molecule has 0 aliphatic carbocycles. The van der Waals surface area contributed by atoms with E-state index in [0.29, 0.717) is 5.75 Å². The summed E-state index contributed by atoms with van der Waals surface area (Å²) in [6.45, 7) is 4.88. The zero-order chi connectivity index (χ0) is 25.8. The van der Waals surface area contributed by atoms with Crippen molar-refractivity contribution in [3.05, 3.63) is 107 Å². The first-order chi connectivity index (χ1) is 18.0. The van der Waals surface area contributed by atoms with E-state index < -0.39 is 5.97 Å². The van der Waals surface area contributed by atoms with E-state index >= 15 is 0 Å². The summed E-state index contributed by atoms with van der Waals surface area (Å²) in [5.41, 5.74) is 4.70. The second kappa shape index (κ2) is 11.1. The Balaban J connectivity index is 1.36. The molecule has 0 radical (unpaired) electrons. The van der Waals surface area contributed by atoms with Crippen LogP contribution in [-0.2, 0) is 9.53 Å². The predicted molar refractivity (Wildman–Crippen MR) is 146 cm³/mol. The number of hydrogen-bond donors (Lipinski definition) is 1. The molecule has 0 amide bonds. The highest BCUT2D eigenvalue weighted by Gasteiger charge is 2.30. The van der Waals surface area contributed by atoms with Crippen LogP contribution in [0.5, 0.6) is 11.5 Å². The number of fused-ring (bicyclic) bond motifs is 2. The summed E-state index contributed by atoms with van der Waals surface area (Å²) < 4.78 is 16.9. The van der Waals surface area contributed by atoms with E-state index in [2.05, 4.69) is 72.9 Å². The van der Waals surface area contributed by atoms with Gasteiger partial charge in [-0.2, -0.15) is 0 Å². The van der Waals surface area contributed by atoms with Gasteiger partial charge in [-0.05, 0) is 65.9 Å². The summed E-state index contributed by atoms with van der Waals surface area (Å²) in [4.78, 5) is 11.6. The molecule has 5 nitrogen and oxygen atoms in total. The first-order valence-electron chi connectivity index (χ1n) is 12.8. The molecule has 1 aliphatic rings. The summed E-state index contributed by atoms with van der Waals surface area (Å²) in [6.07, 6.45) is 0.851. The molecule has 0 saturated carbocycles. The van der Waals surface area contributed by atoms with Gasteiger partial charge in [0.15, 0.2) is 6.61 Å². The molecule has 0 aromatic heterocycles. The Labute approximate surface area is 218 Å². The van der Waals surface area contributed by atoms with Crippen molar-refractivity contribution in [1.82, 2.24) is 5.32 Å². The van der Waals surface area contributed by atoms with Gasteiger partial charge >= 0.3 is 5.97 Å². The maximum atomic E-state index is 11.6. The lowest BCUT2D eigenvalue weighted by molar-refractivity contribution is -0.142. The Morgan fingerprint density at radius 2 is 1.81 bits per heavy atom. The number of carbonyl (C=O) groups is 1. The van der Waals surface area contributed by atoms with Crippen LogP contribution in [0, 0.1) is 6.92 Å². The normalized spacial score (nSPS) is 17.5. The maximum absolute atomic E-state index is 11.6. The fraction of sp³-hybridized carbons (Fsp3) is 0.281. The minimum Gasteiger partial charge on any atom is -0.489 e. The third kappa shape index (κ3) is 5.62. The lowest BCUT2D eigenvalue weighted by atomic mass is 9.83. The molecular weight excluding hydrogens is 462 g/mol.